The van der Waals surface area contributed by atoms with E-state index < -0.39 is 49.4 Å². The van der Waals surface area contributed by atoms with E-state index in [4.69, 9.17) is 0 Å². The van der Waals surface area contributed by atoms with Gasteiger partial charge in [0.2, 0.25) is 0 Å². The molecule has 0 saturated carbocycles. The molecule has 0 aromatic rings. The maximum Gasteiger partial charge on any atom is 0.558 e. The van der Waals surface area contributed by atoms with Gasteiger partial charge in [0.1, 0.15) is 0 Å². The molecule has 0 unspecified atom stereocenters. The molecule has 21 heteroatoms. The van der Waals surface area contributed by atoms with Crippen molar-refractivity contribution in [2.24, 2.45) is 0 Å². The molecule has 0 heterocycles. The molecule has 0 aliphatic heterocycles. The Kier molecular flexibility index (Phi) is 7.90. The summed E-state index contributed by atoms with van der Waals surface area (Å²) in [4.78, 5) is 0. The van der Waals surface area contributed by atoms with Crippen molar-refractivity contribution in [3.8, 4) is 0 Å². The van der Waals surface area contributed by atoms with Crippen LogP contribution in [-0.4, -0.2) is 41.9 Å². The molecular weight excluding hydrogens is 537 g/mol. The Balaban J connectivity index is 0. The van der Waals surface area contributed by atoms with Crippen LogP contribution in [0.15, 0.2) is 0 Å². The second-order valence-electron chi connectivity index (χ2n) is 4.28. The Hall–Kier alpha value is -0.351. The van der Waals surface area contributed by atoms with Gasteiger partial charge < -0.3 is 0 Å². The van der Waals surface area contributed by atoms with E-state index >= 15 is 0 Å². The van der Waals surface area contributed by atoms with E-state index in [9.17, 15) is 79.0 Å². The fourth-order valence-electron chi connectivity index (χ4n) is 1.43. The molecule has 1 nitrogen and oxygen atoms in total. The number of hydrogen-bond donors (Lipinski definition) is 0. The molecule has 0 aliphatic carbocycles. The Morgan fingerprint density at radius 3 is 0.679 bits per heavy atom. The third-order valence-corrected chi connectivity index (χ3v) is 5.23. The topological polar surface area (TPSA) is 9.23 Å². The van der Waals surface area contributed by atoms with Crippen molar-refractivity contribution in [3.63, 3.8) is 0 Å². The zero-order valence-corrected chi connectivity index (χ0v) is 13.3. The molecule has 0 aromatic carbocycles. The van der Waals surface area contributed by atoms with Crippen molar-refractivity contribution in [1.82, 2.24) is 0 Å². The van der Waals surface area contributed by atoms with Gasteiger partial charge in [-0.3, -0.25) is 0 Å². The van der Waals surface area contributed by atoms with Crippen LogP contribution in [0, 0.1) is 0 Å². The van der Waals surface area contributed by atoms with Crippen LogP contribution < -0.4 is 0 Å². The molecule has 0 bridgehead atoms. The average molecular weight is 537 g/mol. The predicted molar refractivity (Wildman–Crippen MR) is 47.1 cm³/mol. The molecule has 0 N–H and O–H groups in total. The van der Waals surface area contributed by atoms with Crippen molar-refractivity contribution in [2.45, 2.75) is 41.9 Å². The van der Waals surface area contributed by atoms with Gasteiger partial charge in [-0.15, -0.1) is 39.5 Å². The second kappa shape index (κ2) is 7.41. The zero-order valence-electron chi connectivity index (χ0n) is 11.5. The van der Waals surface area contributed by atoms with Gasteiger partial charge in [0.25, 0.3) is 0 Å². The summed E-state index contributed by atoms with van der Waals surface area (Å²) >= 11 is 0. The first-order valence-corrected chi connectivity index (χ1v) is 6.92. The third kappa shape index (κ3) is 4.38. The molecular formula is C7CuF18OP+. The minimum atomic E-state index is -10.1. The van der Waals surface area contributed by atoms with Gasteiger partial charge in [-0.1, -0.05) is 0 Å². The number of halogens is 18. The van der Waals surface area contributed by atoms with Crippen LogP contribution in [0.2, 0.25) is 0 Å². The molecule has 0 amide bonds. The van der Waals surface area contributed by atoms with Crippen molar-refractivity contribution >= 4 is 7.49 Å². The van der Waals surface area contributed by atoms with Gasteiger partial charge in [-0.05, 0) is 0 Å². The number of rotatable bonds is 2. The molecule has 0 spiro atoms. The van der Waals surface area contributed by atoms with Crippen LogP contribution in [-0.2, 0) is 21.6 Å². The van der Waals surface area contributed by atoms with E-state index in [1.54, 1.807) is 0 Å². The monoisotopic (exact) mass is 536 g/mol. The van der Waals surface area contributed by atoms with E-state index in [-0.39, 0.29) is 17.1 Å². The Morgan fingerprint density at radius 1 is 0.393 bits per heavy atom. The summed E-state index contributed by atoms with van der Waals surface area (Å²) in [6, 6.07) is 0. The number of hydrogen-bond acceptors (Lipinski definition) is 1. The number of alkyl halides is 18. The van der Waals surface area contributed by atoms with Gasteiger partial charge in [0, 0.05) is 17.1 Å². The van der Waals surface area contributed by atoms with Crippen molar-refractivity contribution in [2.75, 3.05) is 0 Å². The van der Waals surface area contributed by atoms with Gasteiger partial charge >= 0.3 is 49.4 Å². The molecule has 0 aliphatic rings. The zero-order chi connectivity index (χ0) is 22.7. The quantitative estimate of drug-likeness (QED) is 0.212. The summed E-state index contributed by atoms with van der Waals surface area (Å²) in [6.07, 6.45) is -24.8. The van der Waals surface area contributed by atoms with E-state index in [1.807, 2.05) is 0 Å². The first kappa shape index (κ1) is 29.8. The first-order valence-electron chi connectivity index (χ1n) is 5.21. The smallest absolute Gasteiger partial charge is 0.175 e. The fraction of sp³-hybridized carbons (Fsp3) is 1.00. The molecule has 0 fully saturated rings. The van der Waals surface area contributed by atoms with Gasteiger partial charge in [-0.25, -0.2) is 0 Å². The van der Waals surface area contributed by atoms with Gasteiger partial charge in [0.15, 0.2) is 0 Å². The Morgan fingerprint density at radius 2 is 0.571 bits per heavy atom. The molecule has 0 aromatic heterocycles. The van der Waals surface area contributed by atoms with E-state index in [1.165, 1.54) is 4.52 Å². The minimum absolute atomic E-state index is 0. The SMILES string of the molecule is FC(F)(F)C(O[P+](C(F)(F)F)(C(F)(F)F)C(F)(F)F)(C(F)(F)F)C(F)(F)F.[Cu]. The Bertz CT molecular complexity index is 409. The maximum atomic E-state index is 12.4. The van der Waals surface area contributed by atoms with E-state index in [0.29, 0.717) is 0 Å². The maximum absolute atomic E-state index is 12.4. The van der Waals surface area contributed by atoms with E-state index in [0.717, 1.165) is 0 Å². The Labute approximate surface area is 151 Å². The van der Waals surface area contributed by atoms with Crippen molar-refractivity contribution < 1.29 is 101 Å². The second-order valence-corrected chi connectivity index (χ2v) is 7.20. The standard InChI is InChI=1S/C7F18OP.Cu/c8-2(9,10)1(3(11,12)13,4(14,15)16)26-27(5(17,18)19,6(20,21)22)7(23,24)25;/q+1;. The molecule has 0 rings (SSSR count). The van der Waals surface area contributed by atoms with Gasteiger partial charge in [-0.2, -0.15) is 44.0 Å². The van der Waals surface area contributed by atoms with Crippen LogP contribution in [0.1, 0.15) is 0 Å². The average Bonchev–Trinajstić information content (AvgIpc) is 2.16. The first-order chi connectivity index (χ1) is 11.2. The molecule has 28 heavy (non-hydrogen) atoms. The summed E-state index contributed by atoms with van der Waals surface area (Å²) in [5.74, 6) is -24.5. The van der Waals surface area contributed by atoms with Crippen LogP contribution in [0.3, 0.4) is 0 Å². The summed E-state index contributed by atoms with van der Waals surface area (Å²) in [6.45, 7) is 0. The van der Waals surface area contributed by atoms with Gasteiger partial charge in [0.05, 0.1) is 0 Å². The summed E-state index contributed by atoms with van der Waals surface area (Å²) in [5.41, 5.74) is -8.44. The summed E-state index contributed by atoms with van der Waals surface area (Å²) < 4.78 is 225. The van der Waals surface area contributed by atoms with Crippen LogP contribution in [0.25, 0.3) is 0 Å². The third-order valence-electron chi connectivity index (χ3n) is 2.54. The predicted octanol–water partition coefficient (Wildman–Crippen LogP) is 6.92. The summed E-state index contributed by atoms with van der Waals surface area (Å²) in [5, 5.41) is 0. The minimum Gasteiger partial charge on any atom is -0.175 e. The van der Waals surface area contributed by atoms with Crippen LogP contribution in [0.5, 0.6) is 0 Å². The van der Waals surface area contributed by atoms with Crippen molar-refractivity contribution in [1.29, 1.82) is 0 Å². The largest absolute Gasteiger partial charge is 0.558 e. The fourth-order valence-corrected chi connectivity index (χ4v) is 3.32. The van der Waals surface area contributed by atoms with Crippen molar-refractivity contribution in [3.05, 3.63) is 0 Å². The van der Waals surface area contributed by atoms with Crippen LogP contribution >= 0.6 is 7.49 Å². The molecule has 175 valence electrons. The summed E-state index contributed by atoms with van der Waals surface area (Å²) in [7, 11) is -10.1. The van der Waals surface area contributed by atoms with E-state index in [2.05, 4.69) is 0 Å². The van der Waals surface area contributed by atoms with Crippen LogP contribution in [0.4, 0.5) is 79.0 Å². The molecule has 1 radical (unpaired) electrons. The normalized spacial score (nSPS) is 16.1. The molecule has 0 atom stereocenters. The molecule has 0 saturated heterocycles.